The summed E-state index contributed by atoms with van der Waals surface area (Å²) >= 11 is 0. The second-order valence-corrected chi connectivity index (χ2v) is 6.07. The van der Waals surface area contributed by atoms with Crippen LogP contribution in [0.4, 0.5) is 11.4 Å². The number of benzene rings is 2. The lowest BCUT2D eigenvalue weighted by molar-refractivity contribution is -0.125. The van der Waals surface area contributed by atoms with Gasteiger partial charge in [0, 0.05) is 18.5 Å². The second kappa shape index (κ2) is 8.01. The Hall–Kier alpha value is -2.86. The summed E-state index contributed by atoms with van der Waals surface area (Å²) < 4.78 is 5.09. The van der Waals surface area contributed by atoms with Crippen molar-refractivity contribution in [3.05, 3.63) is 53.6 Å². The molecule has 136 valence electrons. The van der Waals surface area contributed by atoms with E-state index in [4.69, 9.17) is 9.57 Å². The van der Waals surface area contributed by atoms with Gasteiger partial charge in [0.05, 0.1) is 19.9 Å². The highest BCUT2D eigenvalue weighted by Crippen LogP contribution is 2.27. The molecule has 0 fully saturated rings. The number of ether oxygens (including phenoxy) is 1. The van der Waals surface area contributed by atoms with Crippen molar-refractivity contribution in [2.75, 3.05) is 24.6 Å². The number of nitrogens with zero attached hydrogens (tertiary/aromatic N) is 1. The molecule has 2 amide bonds. The summed E-state index contributed by atoms with van der Waals surface area (Å²) in [5.74, 6) is 0.966. The molecule has 2 aliphatic rings. The summed E-state index contributed by atoms with van der Waals surface area (Å²) in [6.07, 6.45) is 2.72. The highest BCUT2D eigenvalue weighted by Gasteiger charge is 2.23. The van der Waals surface area contributed by atoms with E-state index < -0.39 is 0 Å². The zero-order valence-corrected chi connectivity index (χ0v) is 15.0. The average Bonchev–Trinajstić information content (AvgIpc) is 2.68. The maximum atomic E-state index is 11.4. The van der Waals surface area contributed by atoms with Gasteiger partial charge < -0.3 is 10.1 Å². The fourth-order valence-corrected chi connectivity index (χ4v) is 3.08. The van der Waals surface area contributed by atoms with E-state index in [0.717, 1.165) is 35.5 Å². The standard InChI is InChI=1S/2C10H11NO2/c1-13-8-3-4-9-7(6-8)2-5-10(12)11-9;1-13-11-9-5-3-2-4-8(9)6-7-10(11)12/h3-4,6H,2,5H2,1H3,(H,11,12);2-5H,6-7H2,1H3. The van der Waals surface area contributed by atoms with Gasteiger partial charge in [-0.2, -0.15) is 5.06 Å². The Labute approximate surface area is 152 Å². The number of amides is 2. The van der Waals surface area contributed by atoms with Crippen molar-refractivity contribution in [3.63, 3.8) is 0 Å². The third-order valence-corrected chi connectivity index (χ3v) is 4.44. The Balaban J connectivity index is 0.000000151. The number of anilines is 2. The van der Waals surface area contributed by atoms with Crippen molar-refractivity contribution in [1.82, 2.24) is 0 Å². The smallest absolute Gasteiger partial charge is 0.251 e. The van der Waals surface area contributed by atoms with Gasteiger partial charge in [-0.1, -0.05) is 18.2 Å². The topological polar surface area (TPSA) is 67.9 Å². The lowest BCUT2D eigenvalue weighted by Gasteiger charge is -2.26. The van der Waals surface area contributed by atoms with Gasteiger partial charge in [-0.15, -0.1) is 0 Å². The van der Waals surface area contributed by atoms with Crippen LogP contribution in [0.3, 0.4) is 0 Å². The van der Waals surface area contributed by atoms with Crippen LogP contribution < -0.4 is 15.1 Å². The first-order valence-electron chi connectivity index (χ1n) is 8.54. The van der Waals surface area contributed by atoms with Gasteiger partial charge >= 0.3 is 0 Å². The molecule has 1 N–H and O–H groups in total. The molecule has 2 aromatic carbocycles. The molecular formula is C20H22N2O4. The summed E-state index contributed by atoms with van der Waals surface area (Å²) in [5, 5.41) is 4.18. The van der Waals surface area contributed by atoms with Crippen molar-refractivity contribution in [2.24, 2.45) is 0 Å². The molecular weight excluding hydrogens is 332 g/mol. The Morgan fingerprint density at radius 3 is 2.46 bits per heavy atom. The number of fused-ring (bicyclic) bond motifs is 2. The first-order chi connectivity index (χ1) is 12.6. The van der Waals surface area contributed by atoms with Crippen LogP contribution in [0, 0.1) is 0 Å². The lowest BCUT2D eigenvalue weighted by atomic mass is 10.0. The zero-order valence-electron chi connectivity index (χ0n) is 15.0. The maximum Gasteiger partial charge on any atom is 0.251 e. The largest absolute Gasteiger partial charge is 0.497 e. The van der Waals surface area contributed by atoms with E-state index in [9.17, 15) is 9.59 Å². The normalized spacial score (nSPS) is 15.2. The molecule has 0 bridgehead atoms. The molecule has 0 unspecified atom stereocenters. The quantitative estimate of drug-likeness (QED) is 0.900. The third kappa shape index (κ3) is 3.86. The van der Waals surface area contributed by atoms with Crippen molar-refractivity contribution in [1.29, 1.82) is 0 Å². The minimum Gasteiger partial charge on any atom is -0.497 e. The van der Waals surface area contributed by atoms with E-state index in [1.165, 1.54) is 17.7 Å². The Bertz CT molecular complexity index is 819. The Morgan fingerprint density at radius 2 is 1.69 bits per heavy atom. The van der Waals surface area contributed by atoms with Crippen LogP contribution >= 0.6 is 0 Å². The first kappa shape index (κ1) is 17.9. The highest BCUT2D eigenvalue weighted by atomic mass is 16.7. The number of carbonyl (C=O) groups excluding carboxylic acids is 2. The van der Waals surface area contributed by atoms with Crippen LogP contribution in [0.5, 0.6) is 5.75 Å². The summed E-state index contributed by atoms with van der Waals surface area (Å²) in [5.41, 5.74) is 4.11. The summed E-state index contributed by atoms with van der Waals surface area (Å²) in [7, 11) is 3.16. The molecule has 6 heteroatoms. The molecule has 2 heterocycles. The van der Waals surface area contributed by atoms with Crippen LogP contribution in [0.2, 0.25) is 0 Å². The van der Waals surface area contributed by atoms with Gasteiger partial charge in [0.2, 0.25) is 5.91 Å². The zero-order chi connectivity index (χ0) is 18.5. The number of aryl methyl sites for hydroxylation is 2. The highest BCUT2D eigenvalue weighted by molar-refractivity contribution is 5.94. The SMILES string of the molecule is CON1C(=O)CCc2ccccc21.COc1ccc2c(c1)CCC(=O)N2. The lowest BCUT2D eigenvalue weighted by Crippen LogP contribution is -2.33. The van der Waals surface area contributed by atoms with Crippen LogP contribution in [0.15, 0.2) is 42.5 Å². The van der Waals surface area contributed by atoms with E-state index in [2.05, 4.69) is 5.32 Å². The van der Waals surface area contributed by atoms with Crippen molar-refractivity contribution >= 4 is 23.2 Å². The molecule has 26 heavy (non-hydrogen) atoms. The molecule has 0 atom stereocenters. The van der Waals surface area contributed by atoms with Gasteiger partial charge in [-0.25, -0.2) is 0 Å². The number of carbonyl (C=O) groups is 2. The van der Waals surface area contributed by atoms with Gasteiger partial charge in [0.25, 0.3) is 5.91 Å². The molecule has 0 aromatic heterocycles. The average molecular weight is 354 g/mol. The third-order valence-electron chi connectivity index (χ3n) is 4.44. The van der Waals surface area contributed by atoms with E-state index in [-0.39, 0.29) is 11.8 Å². The monoisotopic (exact) mass is 354 g/mol. The second-order valence-electron chi connectivity index (χ2n) is 6.07. The van der Waals surface area contributed by atoms with E-state index in [1.54, 1.807) is 7.11 Å². The number of para-hydroxylation sites is 1. The number of rotatable bonds is 2. The predicted molar refractivity (Wildman–Crippen MR) is 99.2 cm³/mol. The Morgan fingerprint density at radius 1 is 0.923 bits per heavy atom. The van der Waals surface area contributed by atoms with Crippen molar-refractivity contribution in [3.8, 4) is 5.75 Å². The number of hydrogen-bond donors (Lipinski definition) is 1. The molecule has 0 aliphatic carbocycles. The minimum absolute atomic E-state index is 0.0289. The van der Waals surface area contributed by atoms with Gasteiger partial charge in [-0.3, -0.25) is 14.4 Å². The molecule has 2 aromatic rings. The summed E-state index contributed by atoms with van der Waals surface area (Å²) in [4.78, 5) is 27.4. The molecule has 0 radical (unpaired) electrons. The van der Waals surface area contributed by atoms with Gasteiger partial charge in [0.1, 0.15) is 5.75 Å². The van der Waals surface area contributed by atoms with Crippen LogP contribution in [-0.4, -0.2) is 26.0 Å². The van der Waals surface area contributed by atoms with Crippen LogP contribution in [0.1, 0.15) is 24.0 Å². The van der Waals surface area contributed by atoms with Crippen molar-refractivity contribution < 1.29 is 19.2 Å². The summed E-state index contributed by atoms with van der Waals surface area (Å²) in [6, 6.07) is 13.5. The van der Waals surface area contributed by atoms with E-state index in [0.29, 0.717) is 12.8 Å². The first-order valence-corrected chi connectivity index (χ1v) is 8.54. The molecule has 0 spiro atoms. The Kier molecular flexibility index (Phi) is 5.53. The van der Waals surface area contributed by atoms with Gasteiger partial charge in [0.15, 0.2) is 0 Å². The predicted octanol–water partition coefficient (Wildman–Crippen LogP) is 3.11. The minimum atomic E-state index is 0.0289. The van der Waals surface area contributed by atoms with Crippen molar-refractivity contribution in [2.45, 2.75) is 25.7 Å². The molecule has 0 saturated heterocycles. The number of methoxy groups -OCH3 is 1. The fourth-order valence-electron chi connectivity index (χ4n) is 3.08. The number of hydrogen-bond acceptors (Lipinski definition) is 4. The van der Waals surface area contributed by atoms with Crippen LogP contribution in [0.25, 0.3) is 0 Å². The fraction of sp³-hybridized carbons (Fsp3) is 0.300. The molecule has 2 aliphatic heterocycles. The number of hydroxylamine groups is 1. The molecule has 6 nitrogen and oxygen atoms in total. The molecule has 0 saturated carbocycles. The molecule has 4 rings (SSSR count). The van der Waals surface area contributed by atoms with E-state index in [1.807, 2.05) is 42.5 Å². The number of nitrogens with one attached hydrogen (secondary N) is 1. The van der Waals surface area contributed by atoms with E-state index >= 15 is 0 Å². The maximum absolute atomic E-state index is 11.4. The van der Waals surface area contributed by atoms with Gasteiger partial charge in [-0.05, 0) is 48.2 Å². The summed E-state index contributed by atoms with van der Waals surface area (Å²) in [6.45, 7) is 0. The van der Waals surface area contributed by atoms with Crippen LogP contribution in [-0.2, 0) is 27.3 Å².